The highest BCUT2D eigenvalue weighted by Gasteiger charge is 2.20. The van der Waals surface area contributed by atoms with Crippen LogP contribution in [0.4, 0.5) is 21.5 Å². The fourth-order valence-electron chi connectivity index (χ4n) is 2.77. The highest BCUT2D eigenvalue weighted by molar-refractivity contribution is 8.15. The van der Waals surface area contributed by atoms with Crippen LogP contribution in [0.1, 0.15) is 20.3 Å². The molecule has 1 aliphatic rings. The molecule has 0 unspecified atom stereocenters. The summed E-state index contributed by atoms with van der Waals surface area (Å²) in [6.45, 7) is 3.77. The summed E-state index contributed by atoms with van der Waals surface area (Å²) in [4.78, 5) is 29.3. The molecule has 2 aromatic carbocycles. The Bertz CT molecular complexity index is 1060. The molecule has 0 saturated carbocycles. The van der Waals surface area contributed by atoms with Crippen LogP contribution in [-0.4, -0.2) is 28.8 Å². The standard InChI is InChI=1S/C22H21ClFN3O3S/c1-3-30-21(28)12-15-11-20(26-19-7-5-4-6-18(19)25-15)31-13(2)22(29)27-17-9-8-14(24)10-16(17)23/h4-11,13,25H,3,12H2,1-2H3,(H,27,29)/t13-/m1/s1. The van der Waals surface area contributed by atoms with E-state index in [1.165, 1.54) is 23.9 Å². The lowest BCUT2D eigenvalue weighted by atomic mass is 10.2. The molecule has 1 amide bonds. The van der Waals surface area contributed by atoms with Crippen LogP contribution in [-0.2, 0) is 14.3 Å². The van der Waals surface area contributed by atoms with Gasteiger partial charge in [0.05, 0.1) is 45.4 Å². The van der Waals surface area contributed by atoms with Gasteiger partial charge in [-0.3, -0.25) is 9.59 Å². The Morgan fingerprint density at radius 3 is 2.81 bits per heavy atom. The number of fused-ring (bicyclic) bond motifs is 1. The maximum Gasteiger partial charge on any atom is 0.311 e. The van der Waals surface area contributed by atoms with Crippen molar-refractivity contribution in [1.82, 2.24) is 0 Å². The van der Waals surface area contributed by atoms with Crippen LogP contribution in [0.15, 0.2) is 59.2 Å². The quantitative estimate of drug-likeness (QED) is 0.553. The Hall–Kier alpha value is -2.84. The van der Waals surface area contributed by atoms with Crippen LogP contribution in [0.3, 0.4) is 0 Å². The topological polar surface area (TPSA) is 79.8 Å². The Morgan fingerprint density at radius 1 is 1.29 bits per heavy atom. The highest BCUT2D eigenvalue weighted by Crippen LogP contribution is 2.32. The van der Waals surface area contributed by atoms with Crippen LogP contribution >= 0.6 is 23.4 Å². The smallest absolute Gasteiger partial charge is 0.311 e. The summed E-state index contributed by atoms with van der Waals surface area (Å²) < 4.78 is 18.3. The predicted octanol–water partition coefficient (Wildman–Crippen LogP) is 5.53. The minimum absolute atomic E-state index is 0.0491. The second-order valence-electron chi connectivity index (χ2n) is 6.62. The normalized spacial score (nSPS) is 13.7. The molecule has 1 aliphatic heterocycles. The van der Waals surface area contributed by atoms with E-state index in [1.54, 1.807) is 19.9 Å². The number of carbonyl (C=O) groups excluding carboxylic acids is 2. The highest BCUT2D eigenvalue weighted by atomic mass is 35.5. The van der Waals surface area contributed by atoms with Crippen LogP contribution in [0.25, 0.3) is 0 Å². The van der Waals surface area contributed by atoms with Gasteiger partial charge in [0.25, 0.3) is 0 Å². The zero-order valence-corrected chi connectivity index (χ0v) is 18.5. The van der Waals surface area contributed by atoms with Gasteiger partial charge in [-0.05, 0) is 50.3 Å². The number of nitrogens with one attached hydrogen (secondary N) is 2. The van der Waals surface area contributed by atoms with Crippen LogP contribution in [0.2, 0.25) is 5.02 Å². The number of hydrogen-bond donors (Lipinski definition) is 2. The number of carbonyl (C=O) groups is 2. The summed E-state index contributed by atoms with van der Waals surface area (Å²) in [5, 5.41) is 6.05. The van der Waals surface area contributed by atoms with Crippen molar-refractivity contribution in [3.63, 3.8) is 0 Å². The molecule has 0 bridgehead atoms. The van der Waals surface area contributed by atoms with Gasteiger partial charge < -0.3 is 15.4 Å². The number of rotatable bonds is 6. The largest absolute Gasteiger partial charge is 0.466 e. The lowest BCUT2D eigenvalue weighted by Crippen LogP contribution is -2.23. The lowest BCUT2D eigenvalue weighted by Gasteiger charge is -2.13. The molecule has 1 atom stereocenters. The van der Waals surface area contributed by atoms with Crippen LogP contribution < -0.4 is 10.6 Å². The average Bonchev–Trinajstić information content (AvgIpc) is 2.88. The number of benzene rings is 2. The summed E-state index contributed by atoms with van der Waals surface area (Å²) in [6.07, 6.45) is 1.78. The first-order valence-corrected chi connectivity index (χ1v) is 10.8. The van der Waals surface area contributed by atoms with Crippen molar-refractivity contribution in [2.45, 2.75) is 25.5 Å². The van der Waals surface area contributed by atoms with Gasteiger partial charge >= 0.3 is 5.97 Å². The first-order valence-electron chi connectivity index (χ1n) is 9.59. The molecule has 0 radical (unpaired) electrons. The molecular weight excluding hydrogens is 441 g/mol. The third-order valence-corrected chi connectivity index (χ3v) is 5.55. The maximum absolute atomic E-state index is 13.2. The number of hydrogen-bond acceptors (Lipinski definition) is 6. The van der Waals surface area contributed by atoms with Crippen molar-refractivity contribution in [2.75, 3.05) is 17.2 Å². The summed E-state index contributed by atoms with van der Waals surface area (Å²) in [6, 6.07) is 11.2. The molecule has 0 aromatic heterocycles. The summed E-state index contributed by atoms with van der Waals surface area (Å²) in [7, 11) is 0. The zero-order chi connectivity index (χ0) is 22.4. The molecule has 2 N–H and O–H groups in total. The Balaban J connectivity index is 1.78. The van der Waals surface area contributed by atoms with Crippen molar-refractivity contribution in [3.8, 4) is 0 Å². The van der Waals surface area contributed by atoms with Crippen LogP contribution in [0, 0.1) is 5.82 Å². The molecule has 3 rings (SSSR count). The van der Waals surface area contributed by atoms with Crippen molar-refractivity contribution >= 4 is 57.3 Å². The number of anilines is 2. The number of thioether (sulfide) groups is 1. The number of ether oxygens (including phenoxy) is 1. The number of para-hydroxylation sites is 2. The third kappa shape index (κ3) is 6.32. The van der Waals surface area contributed by atoms with E-state index in [9.17, 15) is 14.0 Å². The SMILES string of the molecule is CCOC(=O)CC1=CC(S[C@H](C)C(=O)Nc2ccc(F)cc2Cl)=Nc2ccccc2N1. The van der Waals surface area contributed by atoms with Gasteiger partial charge in [-0.1, -0.05) is 35.5 Å². The second kappa shape index (κ2) is 10.5. The van der Waals surface area contributed by atoms with E-state index in [2.05, 4.69) is 15.6 Å². The summed E-state index contributed by atoms with van der Waals surface area (Å²) >= 11 is 7.22. The van der Waals surface area contributed by atoms with Crippen molar-refractivity contribution in [3.05, 3.63) is 65.1 Å². The van der Waals surface area contributed by atoms with E-state index in [0.29, 0.717) is 28.7 Å². The Kier molecular flexibility index (Phi) is 7.70. The van der Waals surface area contributed by atoms with E-state index in [4.69, 9.17) is 16.3 Å². The van der Waals surface area contributed by atoms with Gasteiger partial charge in [0.1, 0.15) is 5.82 Å². The fraction of sp³-hybridized carbons (Fsp3) is 0.227. The molecule has 162 valence electrons. The molecule has 6 nitrogen and oxygen atoms in total. The van der Waals surface area contributed by atoms with Gasteiger partial charge in [0, 0.05) is 5.70 Å². The molecule has 0 saturated heterocycles. The van der Waals surface area contributed by atoms with E-state index < -0.39 is 11.1 Å². The van der Waals surface area contributed by atoms with E-state index in [-0.39, 0.29) is 23.3 Å². The molecule has 1 heterocycles. The number of esters is 1. The van der Waals surface area contributed by atoms with Gasteiger partial charge in [-0.2, -0.15) is 0 Å². The number of nitrogens with zero attached hydrogens (tertiary/aromatic N) is 1. The minimum Gasteiger partial charge on any atom is -0.466 e. The van der Waals surface area contributed by atoms with E-state index in [0.717, 1.165) is 11.8 Å². The molecule has 0 fully saturated rings. The zero-order valence-electron chi connectivity index (χ0n) is 16.9. The van der Waals surface area contributed by atoms with Crippen molar-refractivity contribution in [1.29, 1.82) is 0 Å². The molecule has 0 aliphatic carbocycles. The minimum atomic E-state index is -0.537. The van der Waals surface area contributed by atoms with E-state index in [1.807, 2.05) is 24.3 Å². The monoisotopic (exact) mass is 461 g/mol. The first-order chi connectivity index (χ1) is 14.9. The van der Waals surface area contributed by atoms with Crippen LogP contribution in [0.5, 0.6) is 0 Å². The number of amides is 1. The second-order valence-corrected chi connectivity index (χ2v) is 8.39. The van der Waals surface area contributed by atoms with Crippen molar-refractivity contribution in [2.24, 2.45) is 4.99 Å². The van der Waals surface area contributed by atoms with Gasteiger partial charge in [0.15, 0.2) is 0 Å². The molecule has 9 heteroatoms. The summed E-state index contributed by atoms with van der Waals surface area (Å²) in [5.41, 5.74) is 2.39. The van der Waals surface area contributed by atoms with Gasteiger partial charge in [-0.15, -0.1) is 0 Å². The molecule has 2 aromatic rings. The van der Waals surface area contributed by atoms with Gasteiger partial charge in [-0.25, -0.2) is 9.38 Å². The fourth-order valence-corrected chi connectivity index (χ4v) is 3.87. The molecular formula is C22H21ClFN3O3S. The average molecular weight is 462 g/mol. The summed E-state index contributed by atoms with van der Waals surface area (Å²) in [5.74, 6) is -1.16. The number of halogens is 2. The number of aliphatic imine (C=N–C) groups is 1. The Labute approximate surface area is 188 Å². The Morgan fingerprint density at radius 2 is 2.06 bits per heavy atom. The predicted molar refractivity (Wildman–Crippen MR) is 124 cm³/mol. The third-order valence-electron chi connectivity index (χ3n) is 4.22. The van der Waals surface area contributed by atoms with E-state index >= 15 is 0 Å². The molecule has 31 heavy (non-hydrogen) atoms. The van der Waals surface area contributed by atoms with Gasteiger partial charge in [0.2, 0.25) is 5.91 Å². The maximum atomic E-state index is 13.2. The lowest BCUT2D eigenvalue weighted by molar-refractivity contribution is -0.142. The first kappa shape index (κ1) is 22.8. The molecule has 0 spiro atoms. The van der Waals surface area contributed by atoms with Crippen molar-refractivity contribution < 1.29 is 18.7 Å².